The topological polar surface area (TPSA) is 41.5 Å². The number of phenols is 1. The Hall–Kier alpha value is -2.00. The SMILES string of the molecule is CC(COc1ccccc1)NCc1ccccc1O. The van der Waals surface area contributed by atoms with Crippen LogP contribution >= 0.6 is 0 Å². The van der Waals surface area contributed by atoms with E-state index in [0.29, 0.717) is 18.9 Å². The lowest BCUT2D eigenvalue weighted by molar-refractivity contribution is 0.272. The minimum absolute atomic E-state index is 0.208. The monoisotopic (exact) mass is 257 g/mol. The van der Waals surface area contributed by atoms with Crippen molar-refractivity contribution in [3.8, 4) is 11.5 Å². The molecule has 3 nitrogen and oxygen atoms in total. The molecule has 0 amide bonds. The van der Waals surface area contributed by atoms with Gasteiger partial charge in [-0.2, -0.15) is 0 Å². The van der Waals surface area contributed by atoms with Gasteiger partial charge < -0.3 is 15.2 Å². The second-order valence-electron chi connectivity index (χ2n) is 4.53. The molecule has 0 aliphatic carbocycles. The summed E-state index contributed by atoms with van der Waals surface area (Å²) in [5.41, 5.74) is 0.897. The van der Waals surface area contributed by atoms with Crippen LogP contribution in [-0.4, -0.2) is 17.8 Å². The van der Waals surface area contributed by atoms with Crippen molar-refractivity contribution in [3.63, 3.8) is 0 Å². The minimum atomic E-state index is 0.208. The summed E-state index contributed by atoms with van der Waals surface area (Å²) in [7, 11) is 0. The van der Waals surface area contributed by atoms with Crippen LogP contribution < -0.4 is 10.1 Å². The highest BCUT2D eigenvalue weighted by molar-refractivity contribution is 5.31. The van der Waals surface area contributed by atoms with Gasteiger partial charge in [0.15, 0.2) is 0 Å². The van der Waals surface area contributed by atoms with Gasteiger partial charge in [-0.1, -0.05) is 36.4 Å². The maximum atomic E-state index is 9.66. The van der Waals surface area contributed by atoms with Crippen LogP contribution in [0.1, 0.15) is 12.5 Å². The van der Waals surface area contributed by atoms with E-state index in [1.54, 1.807) is 6.07 Å². The van der Waals surface area contributed by atoms with Crippen molar-refractivity contribution in [1.29, 1.82) is 0 Å². The van der Waals surface area contributed by atoms with Crippen molar-refractivity contribution in [2.75, 3.05) is 6.61 Å². The molecule has 100 valence electrons. The smallest absolute Gasteiger partial charge is 0.120 e. The third-order valence-electron chi connectivity index (χ3n) is 2.88. The Morgan fingerprint density at radius 2 is 1.74 bits per heavy atom. The van der Waals surface area contributed by atoms with Gasteiger partial charge in [0.1, 0.15) is 18.1 Å². The average molecular weight is 257 g/mol. The normalized spacial score (nSPS) is 12.1. The van der Waals surface area contributed by atoms with E-state index < -0.39 is 0 Å². The molecule has 1 atom stereocenters. The first-order chi connectivity index (χ1) is 9.25. The molecule has 0 saturated heterocycles. The fourth-order valence-electron chi connectivity index (χ4n) is 1.74. The maximum Gasteiger partial charge on any atom is 0.120 e. The van der Waals surface area contributed by atoms with Crippen LogP contribution in [0.4, 0.5) is 0 Å². The highest BCUT2D eigenvalue weighted by atomic mass is 16.5. The van der Waals surface area contributed by atoms with Crippen LogP contribution in [0.15, 0.2) is 54.6 Å². The van der Waals surface area contributed by atoms with Crippen LogP contribution in [-0.2, 0) is 6.54 Å². The molecule has 2 rings (SSSR count). The first-order valence-electron chi connectivity index (χ1n) is 6.44. The Labute approximate surface area is 113 Å². The van der Waals surface area contributed by atoms with Crippen molar-refractivity contribution in [2.24, 2.45) is 0 Å². The third kappa shape index (κ3) is 4.30. The molecule has 3 heteroatoms. The van der Waals surface area contributed by atoms with Gasteiger partial charge in [-0.15, -0.1) is 0 Å². The predicted molar refractivity (Wildman–Crippen MR) is 76.3 cm³/mol. The summed E-state index contributed by atoms with van der Waals surface area (Å²) in [5, 5.41) is 13.0. The van der Waals surface area contributed by atoms with E-state index in [1.165, 1.54) is 0 Å². The number of para-hydroxylation sites is 2. The number of hydrogen-bond donors (Lipinski definition) is 2. The summed E-state index contributed by atoms with van der Waals surface area (Å²) >= 11 is 0. The molecule has 2 aromatic rings. The highest BCUT2D eigenvalue weighted by Gasteiger charge is 2.04. The van der Waals surface area contributed by atoms with E-state index in [1.807, 2.05) is 48.5 Å². The van der Waals surface area contributed by atoms with Crippen molar-refractivity contribution >= 4 is 0 Å². The highest BCUT2D eigenvalue weighted by Crippen LogP contribution is 2.15. The molecule has 0 heterocycles. The molecule has 2 aromatic carbocycles. The van der Waals surface area contributed by atoms with Gasteiger partial charge in [0, 0.05) is 18.2 Å². The number of aromatic hydroxyl groups is 1. The average Bonchev–Trinajstić information content (AvgIpc) is 2.45. The van der Waals surface area contributed by atoms with Crippen molar-refractivity contribution in [1.82, 2.24) is 5.32 Å². The third-order valence-corrected chi connectivity index (χ3v) is 2.88. The molecular weight excluding hydrogens is 238 g/mol. The molecule has 2 N–H and O–H groups in total. The van der Waals surface area contributed by atoms with Gasteiger partial charge in [-0.3, -0.25) is 0 Å². The second-order valence-corrected chi connectivity index (χ2v) is 4.53. The van der Waals surface area contributed by atoms with E-state index in [2.05, 4.69) is 12.2 Å². The lowest BCUT2D eigenvalue weighted by Gasteiger charge is -2.15. The summed E-state index contributed by atoms with van der Waals surface area (Å²) < 4.78 is 5.66. The molecule has 0 saturated carbocycles. The fourth-order valence-corrected chi connectivity index (χ4v) is 1.74. The maximum absolute atomic E-state index is 9.66. The molecule has 0 radical (unpaired) electrons. The van der Waals surface area contributed by atoms with Crippen LogP contribution in [0.5, 0.6) is 11.5 Å². The summed E-state index contributed by atoms with van der Waals surface area (Å²) in [6.45, 7) is 3.28. The van der Waals surface area contributed by atoms with Crippen LogP contribution in [0.3, 0.4) is 0 Å². The first-order valence-corrected chi connectivity index (χ1v) is 6.44. The number of benzene rings is 2. The molecule has 0 fully saturated rings. The number of rotatable bonds is 6. The molecule has 0 aliphatic heterocycles. The van der Waals surface area contributed by atoms with E-state index in [-0.39, 0.29) is 6.04 Å². The zero-order valence-electron chi connectivity index (χ0n) is 11.0. The lowest BCUT2D eigenvalue weighted by Crippen LogP contribution is -2.31. The van der Waals surface area contributed by atoms with E-state index in [0.717, 1.165) is 11.3 Å². The summed E-state index contributed by atoms with van der Waals surface area (Å²) in [6, 6.07) is 17.3. The van der Waals surface area contributed by atoms with Crippen LogP contribution in [0.2, 0.25) is 0 Å². The van der Waals surface area contributed by atoms with Crippen molar-refractivity contribution in [3.05, 3.63) is 60.2 Å². The molecule has 0 spiro atoms. The van der Waals surface area contributed by atoms with Gasteiger partial charge in [0.2, 0.25) is 0 Å². The minimum Gasteiger partial charge on any atom is -0.508 e. The Morgan fingerprint density at radius 1 is 1.05 bits per heavy atom. The molecule has 0 bridgehead atoms. The Morgan fingerprint density at radius 3 is 2.47 bits per heavy atom. The molecule has 0 aromatic heterocycles. The summed E-state index contributed by atoms with van der Waals surface area (Å²) in [4.78, 5) is 0. The number of phenolic OH excluding ortho intramolecular Hbond substituents is 1. The molecule has 19 heavy (non-hydrogen) atoms. The first kappa shape index (κ1) is 13.4. The summed E-state index contributed by atoms with van der Waals surface area (Å²) in [5.74, 6) is 1.20. The van der Waals surface area contributed by atoms with E-state index >= 15 is 0 Å². The quantitative estimate of drug-likeness (QED) is 0.836. The number of hydrogen-bond acceptors (Lipinski definition) is 3. The largest absolute Gasteiger partial charge is 0.508 e. The fraction of sp³-hybridized carbons (Fsp3) is 0.250. The van der Waals surface area contributed by atoms with Crippen LogP contribution in [0, 0.1) is 0 Å². The van der Waals surface area contributed by atoms with Crippen molar-refractivity contribution in [2.45, 2.75) is 19.5 Å². The number of ether oxygens (including phenoxy) is 1. The summed E-state index contributed by atoms with van der Waals surface area (Å²) in [6.07, 6.45) is 0. The Kier molecular flexibility index (Phi) is 4.81. The van der Waals surface area contributed by atoms with Crippen molar-refractivity contribution < 1.29 is 9.84 Å². The lowest BCUT2D eigenvalue weighted by atomic mass is 10.2. The van der Waals surface area contributed by atoms with Crippen LogP contribution in [0.25, 0.3) is 0 Å². The predicted octanol–water partition coefficient (Wildman–Crippen LogP) is 2.95. The Balaban J connectivity index is 1.76. The van der Waals surface area contributed by atoms with Gasteiger partial charge in [-0.25, -0.2) is 0 Å². The zero-order valence-corrected chi connectivity index (χ0v) is 11.0. The van der Waals surface area contributed by atoms with Gasteiger partial charge >= 0.3 is 0 Å². The van der Waals surface area contributed by atoms with Gasteiger partial charge in [-0.05, 0) is 25.1 Å². The molecule has 0 aliphatic rings. The second kappa shape index (κ2) is 6.81. The zero-order chi connectivity index (χ0) is 13.5. The van der Waals surface area contributed by atoms with E-state index in [9.17, 15) is 5.11 Å². The van der Waals surface area contributed by atoms with E-state index in [4.69, 9.17) is 4.74 Å². The van der Waals surface area contributed by atoms with Gasteiger partial charge in [0.05, 0.1) is 0 Å². The standard InChI is InChI=1S/C16H19NO2/c1-13(12-19-15-8-3-2-4-9-15)17-11-14-7-5-6-10-16(14)18/h2-10,13,17-18H,11-12H2,1H3. The molecular formula is C16H19NO2. The van der Waals surface area contributed by atoms with Gasteiger partial charge in [0.25, 0.3) is 0 Å². The number of nitrogens with one attached hydrogen (secondary N) is 1. The Bertz CT molecular complexity index is 499. The molecule has 1 unspecified atom stereocenters.